The first kappa shape index (κ1) is 19.2. The van der Waals surface area contributed by atoms with Crippen molar-refractivity contribution in [2.24, 2.45) is 0 Å². The van der Waals surface area contributed by atoms with Gasteiger partial charge in [-0.25, -0.2) is 0 Å². The van der Waals surface area contributed by atoms with E-state index in [1.165, 1.54) is 17.7 Å². The Morgan fingerprint density at radius 3 is 2.57 bits per heavy atom. The number of ether oxygens (including phenoxy) is 2. The Balaban J connectivity index is 1.41. The van der Waals surface area contributed by atoms with Crippen LogP contribution in [0.15, 0.2) is 48.5 Å². The summed E-state index contributed by atoms with van der Waals surface area (Å²) in [6, 6.07) is 14.4. The number of hydrogen-bond donors (Lipinski definition) is 0. The summed E-state index contributed by atoms with van der Waals surface area (Å²) in [6.45, 7) is 4.51. The molecule has 4 rings (SSSR count). The third-order valence-corrected chi connectivity index (χ3v) is 5.42. The van der Waals surface area contributed by atoms with Crippen LogP contribution in [0.4, 0.5) is 13.2 Å². The fourth-order valence-corrected chi connectivity index (χ4v) is 4.00. The summed E-state index contributed by atoms with van der Waals surface area (Å²) in [7, 11) is 2.15. The zero-order valence-electron chi connectivity index (χ0n) is 15.7. The molecule has 0 unspecified atom stereocenters. The summed E-state index contributed by atoms with van der Waals surface area (Å²) in [6.07, 6.45) is -4.41. The lowest BCUT2D eigenvalue weighted by molar-refractivity contribution is -0.274. The second-order valence-electron chi connectivity index (χ2n) is 7.42. The first-order chi connectivity index (χ1) is 13.4. The number of nitrogens with zero attached hydrogens (tertiary/aromatic N) is 2. The van der Waals surface area contributed by atoms with Crippen LogP contribution in [0.5, 0.6) is 5.75 Å². The number of halogens is 3. The van der Waals surface area contributed by atoms with Gasteiger partial charge in [0.15, 0.2) is 0 Å². The minimum Gasteiger partial charge on any atom is -0.406 e. The summed E-state index contributed by atoms with van der Waals surface area (Å²) in [5.74, 6) is -0.210. The van der Waals surface area contributed by atoms with Crippen molar-refractivity contribution in [1.29, 1.82) is 0 Å². The van der Waals surface area contributed by atoms with Crippen molar-refractivity contribution in [1.82, 2.24) is 9.80 Å². The van der Waals surface area contributed by atoms with Crippen molar-refractivity contribution in [3.05, 3.63) is 54.1 Å². The molecule has 2 aliphatic rings. The predicted molar refractivity (Wildman–Crippen MR) is 100.0 cm³/mol. The van der Waals surface area contributed by atoms with Crippen LogP contribution >= 0.6 is 0 Å². The summed E-state index contributed by atoms with van der Waals surface area (Å²) in [5.41, 5.74) is 2.72. The van der Waals surface area contributed by atoms with Gasteiger partial charge in [-0.15, -0.1) is 13.2 Å². The molecular weight excluding hydrogens is 369 g/mol. The largest absolute Gasteiger partial charge is 0.573 e. The van der Waals surface area contributed by atoms with Crippen molar-refractivity contribution in [2.45, 2.75) is 25.1 Å². The molecule has 0 spiro atoms. The third-order valence-electron chi connectivity index (χ3n) is 5.42. The Morgan fingerprint density at radius 2 is 1.86 bits per heavy atom. The second kappa shape index (κ2) is 7.73. The second-order valence-corrected chi connectivity index (χ2v) is 7.42. The highest BCUT2D eigenvalue weighted by Gasteiger charge is 2.38. The van der Waals surface area contributed by atoms with E-state index in [0.29, 0.717) is 11.6 Å². The molecule has 2 saturated heterocycles. The van der Waals surface area contributed by atoms with Crippen molar-refractivity contribution in [3.8, 4) is 16.9 Å². The van der Waals surface area contributed by atoms with Crippen LogP contribution in [-0.2, 0) is 11.3 Å². The quantitative estimate of drug-likeness (QED) is 0.791. The fourth-order valence-electron chi connectivity index (χ4n) is 4.00. The van der Waals surface area contributed by atoms with Crippen LogP contribution in [0, 0.1) is 0 Å². The maximum absolute atomic E-state index is 12.4. The molecule has 150 valence electrons. The first-order valence-electron chi connectivity index (χ1n) is 9.37. The maximum Gasteiger partial charge on any atom is 0.573 e. The van der Waals surface area contributed by atoms with E-state index >= 15 is 0 Å². The monoisotopic (exact) mass is 392 g/mol. The predicted octanol–water partition coefficient (Wildman–Crippen LogP) is 3.77. The number of likely N-dealkylation sites (N-methyl/N-ethyl adjacent to an activating group) is 1. The summed E-state index contributed by atoms with van der Waals surface area (Å²) in [4.78, 5) is 4.76. The molecule has 0 aromatic heterocycles. The van der Waals surface area contributed by atoms with E-state index in [-0.39, 0.29) is 11.9 Å². The SMILES string of the molecule is CN1CCO[C@H]2CN(Cc3ccc(-c4cccc(OC(F)(F)F)c4)cc3)C[C@@H]21. The number of fused-ring (bicyclic) bond motifs is 1. The lowest BCUT2D eigenvalue weighted by atomic mass is 10.0. The van der Waals surface area contributed by atoms with E-state index in [4.69, 9.17) is 4.74 Å². The first-order valence-corrected chi connectivity index (χ1v) is 9.37. The minimum atomic E-state index is -4.69. The van der Waals surface area contributed by atoms with Gasteiger partial charge in [0, 0.05) is 32.2 Å². The number of benzene rings is 2. The highest BCUT2D eigenvalue weighted by molar-refractivity contribution is 5.65. The molecule has 2 atom stereocenters. The van der Waals surface area contributed by atoms with Crippen LogP contribution < -0.4 is 4.74 Å². The minimum absolute atomic E-state index is 0.210. The average Bonchev–Trinajstić information content (AvgIpc) is 3.05. The van der Waals surface area contributed by atoms with Crippen LogP contribution in [0.25, 0.3) is 11.1 Å². The molecule has 28 heavy (non-hydrogen) atoms. The fraction of sp³-hybridized carbons (Fsp3) is 0.429. The van der Waals surface area contributed by atoms with Gasteiger partial charge in [0.2, 0.25) is 0 Å². The van der Waals surface area contributed by atoms with Gasteiger partial charge in [-0.05, 0) is 35.9 Å². The van der Waals surface area contributed by atoms with E-state index in [1.807, 2.05) is 24.3 Å². The molecule has 0 radical (unpaired) electrons. The molecule has 2 aromatic rings. The molecule has 0 aliphatic carbocycles. The Hall–Kier alpha value is -2.09. The molecule has 0 bridgehead atoms. The van der Waals surface area contributed by atoms with Crippen molar-refractivity contribution < 1.29 is 22.6 Å². The number of alkyl halides is 3. The van der Waals surface area contributed by atoms with Crippen molar-refractivity contribution in [3.63, 3.8) is 0 Å². The Labute approximate surface area is 162 Å². The van der Waals surface area contributed by atoms with E-state index in [9.17, 15) is 13.2 Å². The topological polar surface area (TPSA) is 24.9 Å². The molecule has 0 amide bonds. The number of hydrogen-bond acceptors (Lipinski definition) is 4. The lowest BCUT2D eigenvalue weighted by Gasteiger charge is -2.33. The molecule has 2 aliphatic heterocycles. The van der Waals surface area contributed by atoms with Gasteiger partial charge in [0.1, 0.15) is 5.75 Å². The van der Waals surface area contributed by atoms with Crippen LogP contribution in [-0.4, -0.2) is 61.6 Å². The molecule has 2 heterocycles. The van der Waals surface area contributed by atoms with Crippen LogP contribution in [0.1, 0.15) is 5.56 Å². The molecule has 2 fully saturated rings. The summed E-state index contributed by atoms with van der Waals surface area (Å²) >= 11 is 0. The third kappa shape index (κ3) is 4.48. The van der Waals surface area contributed by atoms with Gasteiger partial charge in [-0.3, -0.25) is 9.80 Å². The molecule has 0 N–H and O–H groups in total. The van der Waals surface area contributed by atoms with Crippen molar-refractivity contribution in [2.75, 3.05) is 33.3 Å². The van der Waals surface area contributed by atoms with E-state index in [2.05, 4.69) is 21.6 Å². The molecule has 0 saturated carbocycles. The maximum atomic E-state index is 12.4. The smallest absolute Gasteiger partial charge is 0.406 e. The molecule has 4 nitrogen and oxygen atoms in total. The van der Waals surface area contributed by atoms with Crippen LogP contribution in [0.3, 0.4) is 0 Å². The number of morpholine rings is 1. The van der Waals surface area contributed by atoms with Gasteiger partial charge < -0.3 is 9.47 Å². The Morgan fingerprint density at radius 1 is 1.07 bits per heavy atom. The van der Waals surface area contributed by atoms with Gasteiger partial charge in [-0.2, -0.15) is 0 Å². The lowest BCUT2D eigenvalue weighted by Crippen LogP contribution is -2.48. The van der Waals surface area contributed by atoms with E-state index < -0.39 is 6.36 Å². The summed E-state index contributed by atoms with van der Waals surface area (Å²) < 4.78 is 47.1. The van der Waals surface area contributed by atoms with Gasteiger partial charge in [0.05, 0.1) is 12.7 Å². The summed E-state index contributed by atoms with van der Waals surface area (Å²) in [5, 5.41) is 0. The van der Waals surface area contributed by atoms with E-state index in [1.54, 1.807) is 12.1 Å². The highest BCUT2D eigenvalue weighted by Crippen LogP contribution is 2.29. The zero-order chi connectivity index (χ0) is 19.7. The number of rotatable bonds is 4. The van der Waals surface area contributed by atoms with Crippen LogP contribution in [0.2, 0.25) is 0 Å². The normalized spacial score (nSPS) is 23.6. The molecule has 7 heteroatoms. The molecular formula is C21H23F3N2O2. The average molecular weight is 392 g/mol. The van der Waals surface area contributed by atoms with Gasteiger partial charge in [-0.1, -0.05) is 36.4 Å². The van der Waals surface area contributed by atoms with Gasteiger partial charge >= 0.3 is 6.36 Å². The standard InChI is InChI=1S/C21H23F3N2O2/c1-25-9-10-27-20-14-26(13-19(20)25)12-15-5-7-16(8-6-15)17-3-2-4-18(11-17)28-21(22,23)24/h2-8,11,19-20H,9-10,12-14H2,1H3/t19-,20-/m0/s1. The Bertz CT molecular complexity index is 810. The Kier molecular flexibility index (Phi) is 5.31. The highest BCUT2D eigenvalue weighted by atomic mass is 19.4. The molecule has 2 aromatic carbocycles. The van der Waals surface area contributed by atoms with Gasteiger partial charge in [0.25, 0.3) is 0 Å². The van der Waals surface area contributed by atoms with Crippen molar-refractivity contribution >= 4 is 0 Å². The zero-order valence-corrected chi connectivity index (χ0v) is 15.7. The number of likely N-dealkylation sites (tertiary alicyclic amines) is 1. The van der Waals surface area contributed by atoms with E-state index in [0.717, 1.165) is 38.3 Å².